The maximum absolute atomic E-state index is 12.7. The van der Waals surface area contributed by atoms with E-state index in [1.807, 2.05) is 36.5 Å². The van der Waals surface area contributed by atoms with Gasteiger partial charge in [0.1, 0.15) is 36.8 Å². The highest BCUT2D eigenvalue weighted by Gasteiger charge is 2.46. The highest BCUT2D eigenvalue weighted by molar-refractivity contribution is 7.85. The monoisotopic (exact) mass is 853 g/mol. The van der Waals surface area contributed by atoms with E-state index in [4.69, 9.17) is 18.9 Å². The average Bonchev–Trinajstić information content (AvgIpc) is 3.20. The van der Waals surface area contributed by atoms with E-state index in [1.165, 1.54) is 57.8 Å². The molecule has 0 spiro atoms. The van der Waals surface area contributed by atoms with E-state index >= 15 is 0 Å². The van der Waals surface area contributed by atoms with Crippen molar-refractivity contribution in [3.63, 3.8) is 0 Å². The Hall–Kier alpha value is -2.91. The Labute approximate surface area is 355 Å². The Kier molecular flexibility index (Phi) is 32.8. The lowest BCUT2D eigenvalue weighted by molar-refractivity contribution is -0.297. The van der Waals surface area contributed by atoms with Gasteiger partial charge in [-0.2, -0.15) is 8.42 Å². The summed E-state index contributed by atoms with van der Waals surface area (Å²) in [6, 6.07) is 0. The molecule has 13 heteroatoms. The zero-order valence-electron chi connectivity index (χ0n) is 35.8. The fourth-order valence-electron chi connectivity index (χ4n) is 6.15. The lowest BCUT2D eigenvalue weighted by atomic mass is 10.00. The van der Waals surface area contributed by atoms with Gasteiger partial charge in [0, 0.05) is 12.8 Å². The smallest absolute Gasteiger partial charge is 0.306 e. The highest BCUT2D eigenvalue weighted by atomic mass is 32.2. The van der Waals surface area contributed by atoms with Crippen molar-refractivity contribution in [3.8, 4) is 0 Å². The Balaban J connectivity index is 2.52. The van der Waals surface area contributed by atoms with Crippen LogP contribution < -0.4 is 0 Å². The molecule has 0 aromatic heterocycles. The third-order valence-electron chi connectivity index (χ3n) is 9.62. The van der Waals surface area contributed by atoms with Crippen LogP contribution in [0.2, 0.25) is 0 Å². The number of aliphatic hydroxyl groups is 3. The van der Waals surface area contributed by atoms with Crippen molar-refractivity contribution in [2.24, 2.45) is 0 Å². The van der Waals surface area contributed by atoms with Gasteiger partial charge in [-0.15, -0.1) is 0 Å². The highest BCUT2D eigenvalue weighted by Crippen LogP contribution is 2.24. The summed E-state index contributed by atoms with van der Waals surface area (Å²) in [5.41, 5.74) is 0. The van der Waals surface area contributed by atoms with Gasteiger partial charge in [-0.3, -0.25) is 14.1 Å². The van der Waals surface area contributed by atoms with E-state index in [0.29, 0.717) is 12.8 Å². The van der Waals surface area contributed by atoms with Crippen molar-refractivity contribution in [3.05, 3.63) is 72.9 Å². The molecule has 12 nitrogen and oxygen atoms in total. The van der Waals surface area contributed by atoms with Crippen molar-refractivity contribution in [2.45, 2.75) is 185 Å². The quantitative estimate of drug-likeness (QED) is 0.0156. The van der Waals surface area contributed by atoms with Crippen molar-refractivity contribution in [1.29, 1.82) is 0 Å². The summed E-state index contributed by atoms with van der Waals surface area (Å²) in [4.78, 5) is 25.3. The van der Waals surface area contributed by atoms with Crippen LogP contribution in [0, 0.1) is 0 Å². The number of hydrogen-bond acceptors (Lipinski definition) is 11. The van der Waals surface area contributed by atoms with Crippen LogP contribution in [-0.2, 0) is 38.7 Å². The first-order chi connectivity index (χ1) is 28.5. The second kappa shape index (κ2) is 35.8. The molecule has 1 saturated heterocycles. The molecule has 1 aliphatic rings. The fraction of sp³-hybridized carbons (Fsp3) is 0.696. The third kappa shape index (κ3) is 30.7. The number of esters is 2. The molecule has 338 valence electrons. The summed E-state index contributed by atoms with van der Waals surface area (Å²) in [6.07, 6.45) is 35.3. The lowest BCUT2D eigenvalue weighted by Crippen LogP contribution is -2.60. The Morgan fingerprint density at radius 3 is 1.75 bits per heavy atom. The maximum Gasteiger partial charge on any atom is 0.306 e. The zero-order chi connectivity index (χ0) is 43.4. The second-order valence-electron chi connectivity index (χ2n) is 15.1. The van der Waals surface area contributed by atoms with Crippen LogP contribution in [0.3, 0.4) is 0 Å². The molecule has 0 bridgehead atoms. The number of rotatable bonds is 35. The summed E-state index contributed by atoms with van der Waals surface area (Å²) in [7, 11) is -4.61. The predicted molar refractivity (Wildman–Crippen MR) is 233 cm³/mol. The summed E-state index contributed by atoms with van der Waals surface area (Å²) in [5, 5.41) is 30.8. The van der Waals surface area contributed by atoms with Gasteiger partial charge in [0.15, 0.2) is 12.4 Å². The molecule has 4 N–H and O–H groups in total. The van der Waals surface area contributed by atoms with E-state index in [9.17, 15) is 37.9 Å². The van der Waals surface area contributed by atoms with Crippen LogP contribution in [0.15, 0.2) is 72.9 Å². The minimum absolute atomic E-state index is 0.0489. The van der Waals surface area contributed by atoms with Gasteiger partial charge in [-0.1, -0.05) is 151 Å². The van der Waals surface area contributed by atoms with Crippen LogP contribution in [0.5, 0.6) is 0 Å². The summed E-state index contributed by atoms with van der Waals surface area (Å²) in [5.74, 6) is -2.11. The molecule has 59 heavy (non-hydrogen) atoms. The molecule has 0 radical (unpaired) electrons. The minimum atomic E-state index is -4.61. The number of carbonyl (C=O) groups excluding carboxylic acids is 2. The van der Waals surface area contributed by atoms with Gasteiger partial charge in [0.2, 0.25) is 0 Å². The number of unbranched alkanes of at least 4 members (excludes halogenated alkanes) is 14. The van der Waals surface area contributed by atoms with E-state index in [2.05, 4.69) is 50.3 Å². The average molecular weight is 853 g/mol. The molecule has 0 aromatic rings. The molecule has 3 unspecified atom stereocenters. The molecule has 0 saturated carbocycles. The van der Waals surface area contributed by atoms with Crippen molar-refractivity contribution < 1.29 is 56.8 Å². The van der Waals surface area contributed by atoms with Crippen LogP contribution >= 0.6 is 0 Å². The normalized spacial score (nSPS) is 20.9. The minimum Gasteiger partial charge on any atom is -0.462 e. The topological polar surface area (TPSA) is 186 Å². The van der Waals surface area contributed by atoms with Crippen molar-refractivity contribution >= 4 is 22.1 Å². The van der Waals surface area contributed by atoms with Crippen LogP contribution in [0.25, 0.3) is 0 Å². The molecule has 0 aromatic carbocycles. The number of allylic oxidation sites excluding steroid dienone is 12. The molecule has 0 aliphatic carbocycles. The molecule has 1 aliphatic heterocycles. The lowest BCUT2D eigenvalue weighted by Gasteiger charge is -2.40. The predicted octanol–water partition coefficient (Wildman–Crippen LogP) is 8.72. The fourth-order valence-corrected chi connectivity index (χ4v) is 6.84. The largest absolute Gasteiger partial charge is 0.462 e. The molecule has 1 fully saturated rings. The van der Waals surface area contributed by atoms with Gasteiger partial charge in [0.25, 0.3) is 10.1 Å². The van der Waals surface area contributed by atoms with Gasteiger partial charge < -0.3 is 34.3 Å². The van der Waals surface area contributed by atoms with Crippen LogP contribution in [-0.4, -0.2) is 96.0 Å². The van der Waals surface area contributed by atoms with Crippen LogP contribution in [0.1, 0.15) is 149 Å². The zero-order valence-corrected chi connectivity index (χ0v) is 36.6. The number of hydrogen-bond donors (Lipinski definition) is 4. The maximum atomic E-state index is 12.7. The van der Waals surface area contributed by atoms with E-state index in [1.54, 1.807) is 0 Å². The third-order valence-corrected chi connectivity index (χ3v) is 10.4. The van der Waals surface area contributed by atoms with Gasteiger partial charge >= 0.3 is 11.9 Å². The van der Waals surface area contributed by atoms with Crippen molar-refractivity contribution in [2.75, 3.05) is 19.0 Å². The summed E-state index contributed by atoms with van der Waals surface area (Å²) in [6.45, 7) is 3.62. The Bertz CT molecular complexity index is 1370. The Morgan fingerprint density at radius 2 is 1.12 bits per heavy atom. The first-order valence-electron chi connectivity index (χ1n) is 22.0. The number of ether oxygens (including phenoxy) is 4. The number of aliphatic hydroxyl groups excluding tert-OH is 3. The summed E-state index contributed by atoms with van der Waals surface area (Å²) >= 11 is 0. The Morgan fingerprint density at radius 1 is 0.593 bits per heavy atom. The van der Waals surface area contributed by atoms with E-state index in [0.717, 1.165) is 51.4 Å². The molecule has 0 amide bonds. The van der Waals surface area contributed by atoms with Crippen LogP contribution in [0.4, 0.5) is 0 Å². The number of carbonyl (C=O) groups is 2. The standard InChI is InChI=1S/C46H76O12S/c1-3-5-7-9-11-13-15-17-18-19-20-21-23-24-26-28-30-32-34-41(47)55-36-39(37-56-46-45(51)44(50)43(49)40(58-46)38-59(52,53)54)57-42(48)35-33-31-29-27-25-22-16-14-12-10-8-6-4-2/h11,13,15,17-22,25,29,31,39-40,43-46,49-51H,3-10,12,14,16,23-24,26-28,30,32-38H2,1-2H3,(H,52,53,54)/b13-11+,17-15+,19-18+,21-20+,25-22+,31-29+/t39?,40-,43-,44?,45?,46+/m1/s1. The molecule has 1 heterocycles. The first-order valence-corrected chi connectivity index (χ1v) is 23.7. The van der Waals surface area contributed by atoms with Gasteiger partial charge in [0.05, 0.1) is 6.61 Å². The van der Waals surface area contributed by atoms with E-state index in [-0.39, 0.29) is 19.4 Å². The first kappa shape index (κ1) is 54.1. The van der Waals surface area contributed by atoms with E-state index < -0.39 is 71.2 Å². The van der Waals surface area contributed by atoms with Gasteiger partial charge in [-0.25, -0.2) is 0 Å². The van der Waals surface area contributed by atoms with Gasteiger partial charge in [-0.05, 0) is 57.8 Å². The molecule has 1 rings (SSSR count). The molecular formula is C46H76O12S. The second-order valence-corrected chi connectivity index (χ2v) is 16.6. The molecule has 6 atom stereocenters. The molecular weight excluding hydrogens is 777 g/mol. The summed E-state index contributed by atoms with van der Waals surface area (Å²) < 4.78 is 53.9. The van der Waals surface area contributed by atoms with Crippen molar-refractivity contribution in [1.82, 2.24) is 0 Å². The SMILES string of the molecule is CCCCC/C=C/C=C/C=C/C=C/CCCCCCCC(=O)OCC(CO[C@H]1O[C@H](CS(=O)(=O)O)[C@@H](O)C(O)C1O)OC(=O)CC/C=C/C/C=C/CCCCCCCC.